The summed E-state index contributed by atoms with van der Waals surface area (Å²) in [5.41, 5.74) is 0. The van der Waals surface area contributed by atoms with Crippen molar-refractivity contribution in [2.75, 3.05) is 13.2 Å². The van der Waals surface area contributed by atoms with E-state index in [1.54, 1.807) is 0 Å². The molecular weight excluding hydrogens is 675 g/mol. The van der Waals surface area contributed by atoms with Crippen LogP contribution >= 0.6 is 7.82 Å². The minimum Gasteiger partial charge on any atom is -0.462 e. The van der Waals surface area contributed by atoms with Crippen molar-refractivity contribution in [3.8, 4) is 0 Å². The van der Waals surface area contributed by atoms with Gasteiger partial charge in [0.2, 0.25) is 0 Å². The van der Waals surface area contributed by atoms with Gasteiger partial charge in [0.1, 0.15) is 6.61 Å². The fraction of sp³-hybridized carbons (Fsp3) is 0.814. The van der Waals surface area contributed by atoms with Gasteiger partial charge in [-0.3, -0.25) is 14.1 Å². The maximum Gasteiger partial charge on any atom is 0.469 e. The lowest BCUT2D eigenvalue weighted by molar-refractivity contribution is -0.161. The molecule has 1 atom stereocenters. The van der Waals surface area contributed by atoms with Gasteiger partial charge in [-0.15, -0.1) is 0 Å². The van der Waals surface area contributed by atoms with Gasteiger partial charge in [0, 0.05) is 12.8 Å². The van der Waals surface area contributed by atoms with Crippen molar-refractivity contribution >= 4 is 19.8 Å². The second kappa shape index (κ2) is 39.0. The van der Waals surface area contributed by atoms with Crippen molar-refractivity contribution in [1.82, 2.24) is 0 Å². The summed E-state index contributed by atoms with van der Waals surface area (Å²) in [6.45, 7) is 3.65. The van der Waals surface area contributed by atoms with E-state index in [9.17, 15) is 14.2 Å². The first-order valence-electron chi connectivity index (χ1n) is 21.3. The number of unbranched alkanes of at least 4 members (excludes halogenated alkanes) is 23. The van der Waals surface area contributed by atoms with E-state index in [0.717, 1.165) is 38.5 Å². The fourth-order valence-electron chi connectivity index (χ4n) is 5.94. The Balaban J connectivity index is 3.96. The number of phosphoric acid groups is 1. The van der Waals surface area contributed by atoms with Gasteiger partial charge in [-0.2, -0.15) is 0 Å². The first kappa shape index (κ1) is 50.3. The summed E-state index contributed by atoms with van der Waals surface area (Å²) in [7, 11) is -4.76. The van der Waals surface area contributed by atoms with Crippen LogP contribution in [0.5, 0.6) is 0 Å². The molecule has 0 saturated carbocycles. The summed E-state index contributed by atoms with van der Waals surface area (Å²) in [6, 6.07) is 0. The molecule has 0 spiro atoms. The summed E-state index contributed by atoms with van der Waals surface area (Å²) in [5, 5.41) is 0. The van der Waals surface area contributed by atoms with E-state index >= 15 is 0 Å². The van der Waals surface area contributed by atoms with Crippen molar-refractivity contribution in [2.24, 2.45) is 0 Å². The molecule has 0 saturated heterocycles. The minimum atomic E-state index is -4.76. The summed E-state index contributed by atoms with van der Waals surface area (Å²) in [5.74, 6) is -0.936. The number of esters is 2. The van der Waals surface area contributed by atoms with Gasteiger partial charge in [0.25, 0.3) is 0 Å². The minimum absolute atomic E-state index is 0.202. The molecule has 0 fully saturated rings. The number of allylic oxidation sites excluding steroid dienone is 6. The molecule has 0 aliphatic rings. The first-order chi connectivity index (χ1) is 25.3. The highest BCUT2D eigenvalue weighted by Crippen LogP contribution is 2.36. The topological polar surface area (TPSA) is 119 Å². The number of hydrogen-bond donors (Lipinski definition) is 2. The number of carbonyl (C=O) groups excluding carboxylic acids is 2. The Kier molecular flexibility index (Phi) is 37.7. The highest BCUT2D eigenvalue weighted by molar-refractivity contribution is 7.46. The highest BCUT2D eigenvalue weighted by Gasteiger charge is 2.22. The molecule has 0 heterocycles. The molecule has 0 radical (unpaired) electrons. The van der Waals surface area contributed by atoms with E-state index in [1.165, 1.54) is 128 Å². The van der Waals surface area contributed by atoms with Crippen LogP contribution in [-0.2, 0) is 28.2 Å². The Morgan fingerprint density at radius 1 is 0.500 bits per heavy atom. The molecule has 2 N–H and O–H groups in total. The number of hydrogen-bond acceptors (Lipinski definition) is 6. The molecular formula is C43H79O8P. The van der Waals surface area contributed by atoms with Crippen LogP contribution in [0.25, 0.3) is 0 Å². The van der Waals surface area contributed by atoms with Gasteiger partial charge >= 0.3 is 19.8 Å². The molecule has 0 rings (SSSR count). The third kappa shape index (κ3) is 41.0. The largest absolute Gasteiger partial charge is 0.469 e. The number of rotatable bonds is 39. The SMILES string of the molecule is CCCCCC/C=C/CCCCCCCCCCCC(=O)O[C@H](COC(=O)CCC/C=C/C/C=C/CCCCCCCCCCC)COP(=O)(O)O. The van der Waals surface area contributed by atoms with Crippen LogP contribution in [-0.4, -0.2) is 41.0 Å². The lowest BCUT2D eigenvalue weighted by atomic mass is 10.1. The first-order valence-corrected chi connectivity index (χ1v) is 22.8. The molecule has 9 heteroatoms. The molecule has 0 aromatic heterocycles. The van der Waals surface area contributed by atoms with Gasteiger partial charge in [-0.05, 0) is 64.2 Å². The van der Waals surface area contributed by atoms with Gasteiger partial charge in [0.05, 0.1) is 6.61 Å². The molecule has 8 nitrogen and oxygen atoms in total. The molecule has 0 aliphatic heterocycles. The Hall–Kier alpha value is -1.73. The van der Waals surface area contributed by atoms with Crippen LogP contribution in [0.3, 0.4) is 0 Å². The van der Waals surface area contributed by atoms with Crippen molar-refractivity contribution in [1.29, 1.82) is 0 Å². The molecule has 0 aromatic carbocycles. The van der Waals surface area contributed by atoms with E-state index in [0.29, 0.717) is 12.8 Å². The quantitative estimate of drug-likeness (QED) is 0.0275. The maximum absolute atomic E-state index is 12.4. The molecule has 0 amide bonds. The summed E-state index contributed by atoms with van der Waals surface area (Å²) in [4.78, 5) is 42.8. The number of ether oxygens (including phenoxy) is 2. The Labute approximate surface area is 319 Å². The molecule has 304 valence electrons. The van der Waals surface area contributed by atoms with Crippen LogP contribution in [0.4, 0.5) is 0 Å². The van der Waals surface area contributed by atoms with E-state index in [2.05, 4.69) is 54.8 Å². The van der Waals surface area contributed by atoms with Gasteiger partial charge in [-0.1, -0.05) is 166 Å². The van der Waals surface area contributed by atoms with Gasteiger partial charge in [-0.25, -0.2) is 4.57 Å². The zero-order valence-corrected chi connectivity index (χ0v) is 34.4. The van der Waals surface area contributed by atoms with Crippen LogP contribution in [0.2, 0.25) is 0 Å². The van der Waals surface area contributed by atoms with E-state index in [4.69, 9.17) is 19.3 Å². The predicted molar refractivity (Wildman–Crippen MR) is 216 cm³/mol. The standard InChI is InChI=1S/C43H79O8P/c1-3-5-7-9-11-13-15-17-19-21-23-25-27-29-31-33-35-37-42(44)49-39-41(40-50-52(46,47)48)51-43(45)38-36-34-32-30-28-26-24-22-20-18-16-14-12-10-8-6-4-2/h14,16,23,25,29,31,41H,3-13,15,17-22,24,26-28,30,32-40H2,1-2H3,(H2,46,47,48)/b16-14+,25-23+,31-29+/t41-/m1/s1. The average molecular weight is 755 g/mol. The Morgan fingerprint density at radius 3 is 1.37 bits per heavy atom. The highest BCUT2D eigenvalue weighted by atomic mass is 31.2. The van der Waals surface area contributed by atoms with Crippen molar-refractivity contribution in [3.05, 3.63) is 36.5 Å². The van der Waals surface area contributed by atoms with Crippen LogP contribution in [0.15, 0.2) is 36.5 Å². The zero-order valence-electron chi connectivity index (χ0n) is 33.5. The lowest BCUT2D eigenvalue weighted by Gasteiger charge is -2.18. The fourth-order valence-corrected chi connectivity index (χ4v) is 6.30. The van der Waals surface area contributed by atoms with Crippen LogP contribution in [0.1, 0.15) is 206 Å². The molecule has 0 unspecified atom stereocenters. The number of phosphoric ester groups is 1. The van der Waals surface area contributed by atoms with Crippen LogP contribution in [0, 0.1) is 0 Å². The molecule has 0 aliphatic carbocycles. The smallest absolute Gasteiger partial charge is 0.462 e. The Morgan fingerprint density at radius 2 is 0.885 bits per heavy atom. The lowest BCUT2D eigenvalue weighted by Crippen LogP contribution is -2.29. The third-order valence-corrected chi connectivity index (χ3v) is 9.62. The maximum atomic E-state index is 12.4. The van der Waals surface area contributed by atoms with Crippen LogP contribution < -0.4 is 0 Å². The summed E-state index contributed by atoms with van der Waals surface area (Å²) >= 11 is 0. The number of carbonyl (C=O) groups is 2. The second-order valence-corrected chi connectivity index (χ2v) is 15.5. The predicted octanol–water partition coefficient (Wildman–Crippen LogP) is 13.0. The molecule has 0 bridgehead atoms. The third-order valence-electron chi connectivity index (χ3n) is 9.13. The molecule has 52 heavy (non-hydrogen) atoms. The van der Waals surface area contributed by atoms with E-state index < -0.39 is 32.5 Å². The zero-order chi connectivity index (χ0) is 38.2. The summed E-state index contributed by atoms with van der Waals surface area (Å²) in [6.07, 6.45) is 45.9. The van der Waals surface area contributed by atoms with Gasteiger partial charge < -0.3 is 19.3 Å². The normalized spacial score (nSPS) is 12.8. The second-order valence-electron chi connectivity index (χ2n) is 14.3. The Bertz CT molecular complexity index is 941. The van der Waals surface area contributed by atoms with Crippen molar-refractivity contribution in [3.63, 3.8) is 0 Å². The van der Waals surface area contributed by atoms with E-state index in [1.807, 2.05) is 0 Å². The summed E-state index contributed by atoms with van der Waals surface area (Å²) < 4.78 is 26.3. The van der Waals surface area contributed by atoms with Crippen molar-refractivity contribution < 1.29 is 37.9 Å². The van der Waals surface area contributed by atoms with E-state index in [-0.39, 0.29) is 19.4 Å². The van der Waals surface area contributed by atoms with Crippen molar-refractivity contribution in [2.45, 2.75) is 213 Å². The van der Waals surface area contributed by atoms with Gasteiger partial charge in [0.15, 0.2) is 6.10 Å². The average Bonchev–Trinajstić information content (AvgIpc) is 3.11. The molecule has 0 aromatic rings. The monoisotopic (exact) mass is 755 g/mol.